The standard InChI is InChI=1S/C14H25N3O/c1-5-6-13-9-12(11-15-2)10-14(16-13)17(3)7-8-18-4/h9-10,15H,5-8,11H2,1-4H3. The van der Waals surface area contributed by atoms with Gasteiger partial charge in [-0.2, -0.15) is 0 Å². The van der Waals surface area contributed by atoms with E-state index in [0.717, 1.165) is 38.4 Å². The van der Waals surface area contributed by atoms with Gasteiger partial charge in [0.1, 0.15) is 5.82 Å². The average molecular weight is 251 g/mol. The van der Waals surface area contributed by atoms with Gasteiger partial charge in [-0.15, -0.1) is 0 Å². The van der Waals surface area contributed by atoms with Crippen LogP contribution in [0.2, 0.25) is 0 Å². The minimum absolute atomic E-state index is 0.720. The molecule has 1 aromatic heterocycles. The van der Waals surface area contributed by atoms with E-state index in [4.69, 9.17) is 9.72 Å². The van der Waals surface area contributed by atoms with E-state index in [1.807, 2.05) is 7.05 Å². The van der Waals surface area contributed by atoms with E-state index < -0.39 is 0 Å². The average Bonchev–Trinajstić information content (AvgIpc) is 2.36. The van der Waals surface area contributed by atoms with E-state index in [1.165, 1.54) is 11.3 Å². The predicted molar refractivity (Wildman–Crippen MR) is 76.1 cm³/mol. The summed E-state index contributed by atoms with van der Waals surface area (Å²) >= 11 is 0. The summed E-state index contributed by atoms with van der Waals surface area (Å²) in [7, 11) is 5.75. The summed E-state index contributed by atoms with van der Waals surface area (Å²) in [4.78, 5) is 6.84. The van der Waals surface area contributed by atoms with Gasteiger partial charge in [0.2, 0.25) is 0 Å². The number of aryl methyl sites for hydroxylation is 1. The van der Waals surface area contributed by atoms with Crippen LogP contribution in [-0.2, 0) is 17.7 Å². The van der Waals surface area contributed by atoms with Crippen LogP contribution in [0.15, 0.2) is 12.1 Å². The number of nitrogens with one attached hydrogen (secondary N) is 1. The molecular weight excluding hydrogens is 226 g/mol. The second-order valence-corrected chi connectivity index (χ2v) is 4.52. The maximum atomic E-state index is 5.11. The molecule has 1 N–H and O–H groups in total. The van der Waals surface area contributed by atoms with Crippen molar-refractivity contribution in [2.45, 2.75) is 26.3 Å². The molecule has 0 aliphatic carbocycles. The minimum atomic E-state index is 0.720. The van der Waals surface area contributed by atoms with E-state index in [-0.39, 0.29) is 0 Å². The Morgan fingerprint density at radius 2 is 2.17 bits per heavy atom. The summed E-state index contributed by atoms with van der Waals surface area (Å²) in [6.07, 6.45) is 2.15. The topological polar surface area (TPSA) is 37.4 Å². The van der Waals surface area contributed by atoms with Gasteiger partial charge in [0.05, 0.1) is 6.61 Å². The molecule has 0 spiro atoms. The van der Waals surface area contributed by atoms with Crippen LogP contribution in [0.4, 0.5) is 5.82 Å². The summed E-state index contributed by atoms with van der Waals surface area (Å²) in [5.74, 6) is 1.03. The van der Waals surface area contributed by atoms with Gasteiger partial charge in [0.25, 0.3) is 0 Å². The highest BCUT2D eigenvalue weighted by atomic mass is 16.5. The Morgan fingerprint density at radius 1 is 1.39 bits per heavy atom. The summed E-state index contributed by atoms with van der Waals surface area (Å²) in [5.41, 5.74) is 2.46. The largest absolute Gasteiger partial charge is 0.383 e. The van der Waals surface area contributed by atoms with Crippen molar-refractivity contribution in [3.8, 4) is 0 Å². The van der Waals surface area contributed by atoms with Gasteiger partial charge in [-0.25, -0.2) is 4.98 Å². The number of anilines is 1. The lowest BCUT2D eigenvalue weighted by molar-refractivity contribution is 0.206. The van der Waals surface area contributed by atoms with Gasteiger partial charge in [0.15, 0.2) is 0 Å². The number of nitrogens with zero attached hydrogens (tertiary/aromatic N) is 2. The number of aromatic nitrogens is 1. The maximum Gasteiger partial charge on any atom is 0.128 e. The van der Waals surface area contributed by atoms with Crippen molar-refractivity contribution in [3.05, 3.63) is 23.4 Å². The van der Waals surface area contributed by atoms with Crippen molar-refractivity contribution < 1.29 is 4.74 Å². The van der Waals surface area contributed by atoms with Crippen LogP contribution in [-0.4, -0.2) is 39.3 Å². The van der Waals surface area contributed by atoms with Crippen molar-refractivity contribution in [1.29, 1.82) is 0 Å². The first-order valence-corrected chi connectivity index (χ1v) is 6.55. The molecule has 4 nitrogen and oxygen atoms in total. The highest BCUT2D eigenvalue weighted by Gasteiger charge is 2.06. The van der Waals surface area contributed by atoms with Gasteiger partial charge in [-0.3, -0.25) is 0 Å². The van der Waals surface area contributed by atoms with Crippen LogP contribution in [0, 0.1) is 0 Å². The van der Waals surface area contributed by atoms with Crippen molar-refractivity contribution in [2.24, 2.45) is 0 Å². The predicted octanol–water partition coefficient (Wildman–Crippen LogP) is 1.84. The number of pyridine rings is 1. The van der Waals surface area contributed by atoms with Crippen LogP contribution in [0.25, 0.3) is 0 Å². The van der Waals surface area contributed by atoms with Gasteiger partial charge in [-0.1, -0.05) is 13.3 Å². The van der Waals surface area contributed by atoms with Gasteiger partial charge >= 0.3 is 0 Å². The lowest BCUT2D eigenvalue weighted by Gasteiger charge is -2.19. The van der Waals surface area contributed by atoms with Crippen molar-refractivity contribution >= 4 is 5.82 Å². The van der Waals surface area contributed by atoms with Gasteiger partial charge in [0, 0.05) is 32.9 Å². The molecule has 1 rings (SSSR count). The second-order valence-electron chi connectivity index (χ2n) is 4.52. The first kappa shape index (κ1) is 14.9. The maximum absolute atomic E-state index is 5.11. The summed E-state index contributed by atoms with van der Waals surface area (Å²) < 4.78 is 5.11. The summed E-state index contributed by atoms with van der Waals surface area (Å²) in [6.45, 7) is 4.64. The lowest BCUT2D eigenvalue weighted by atomic mass is 10.1. The number of hydrogen-bond donors (Lipinski definition) is 1. The normalized spacial score (nSPS) is 10.7. The SMILES string of the molecule is CCCc1cc(CNC)cc(N(C)CCOC)n1. The highest BCUT2D eigenvalue weighted by Crippen LogP contribution is 2.15. The molecule has 18 heavy (non-hydrogen) atoms. The molecular formula is C14H25N3O. The Balaban J connectivity index is 2.87. The van der Waals surface area contributed by atoms with Crippen molar-refractivity contribution in [1.82, 2.24) is 10.3 Å². The number of rotatable bonds is 8. The Labute approximate surface area is 110 Å². The van der Waals surface area contributed by atoms with E-state index >= 15 is 0 Å². The molecule has 0 fully saturated rings. The van der Waals surface area contributed by atoms with E-state index in [1.54, 1.807) is 7.11 Å². The third-order valence-electron chi connectivity index (χ3n) is 2.83. The molecule has 0 radical (unpaired) electrons. The Morgan fingerprint density at radius 3 is 2.78 bits per heavy atom. The van der Waals surface area contributed by atoms with Crippen LogP contribution in [0.1, 0.15) is 24.6 Å². The molecule has 1 aromatic rings. The molecule has 0 saturated heterocycles. The Kier molecular flexibility index (Phi) is 6.68. The molecule has 0 aromatic carbocycles. The Bertz CT molecular complexity index is 331. The zero-order valence-electron chi connectivity index (χ0n) is 12.0. The zero-order chi connectivity index (χ0) is 13.4. The fourth-order valence-corrected chi connectivity index (χ4v) is 1.86. The number of hydrogen-bond acceptors (Lipinski definition) is 4. The van der Waals surface area contributed by atoms with Gasteiger partial charge in [-0.05, 0) is 31.2 Å². The van der Waals surface area contributed by atoms with Crippen LogP contribution in [0.5, 0.6) is 0 Å². The molecule has 0 aliphatic rings. The summed E-state index contributed by atoms with van der Waals surface area (Å²) in [5, 5.41) is 3.19. The molecule has 0 amide bonds. The number of methoxy groups -OCH3 is 1. The van der Waals surface area contributed by atoms with Crippen LogP contribution < -0.4 is 10.2 Å². The van der Waals surface area contributed by atoms with E-state index in [9.17, 15) is 0 Å². The zero-order valence-corrected chi connectivity index (χ0v) is 12.0. The summed E-state index contributed by atoms with van der Waals surface area (Å²) in [6, 6.07) is 4.33. The number of likely N-dealkylation sites (N-methyl/N-ethyl adjacent to an activating group) is 1. The van der Waals surface area contributed by atoms with E-state index in [2.05, 4.69) is 36.3 Å². The van der Waals surface area contributed by atoms with Crippen molar-refractivity contribution in [3.63, 3.8) is 0 Å². The molecule has 4 heteroatoms. The van der Waals surface area contributed by atoms with Crippen LogP contribution in [0.3, 0.4) is 0 Å². The van der Waals surface area contributed by atoms with E-state index in [0.29, 0.717) is 0 Å². The Hall–Kier alpha value is -1.13. The third-order valence-corrected chi connectivity index (χ3v) is 2.83. The number of ether oxygens (including phenoxy) is 1. The molecule has 0 saturated carbocycles. The quantitative estimate of drug-likeness (QED) is 0.765. The monoisotopic (exact) mass is 251 g/mol. The minimum Gasteiger partial charge on any atom is -0.383 e. The van der Waals surface area contributed by atoms with Crippen molar-refractivity contribution in [2.75, 3.05) is 39.3 Å². The molecule has 0 aliphatic heterocycles. The first-order valence-electron chi connectivity index (χ1n) is 6.55. The smallest absolute Gasteiger partial charge is 0.128 e. The molecule has 1 heterocycles. The van der Waals surface area contributed by atoms with Crippen LogP contribution >= 0.6 is 0 Å². The third kappa shape index (κ3) is 4.63. The highest BCUT2D eigenvalue weighted by molar-refractivity contribution is 5.42. The van der Waals surface area contributed by atoms with Gasteiger partial charge < -0.3 is 15.0 Å². The molecule has 0 unspecified atom stereocenters. The lowest BCUT2D eigenvalue weighted by Crippen LogP contribution is -2.23. The first-order chi connectivity index (χ1) is 8.71. The molecule has 0 atom stereocenters. The molecule has 102 valence electrons. The second kappa shape index (κ2) is 8.06. The fourth-order valence-electron chi connectivity index (χ4n) is 1.86. The fraction of sp³-hybridized carbons (Fsp3) is 0.643. The molecule has 0 bridgehead atoms.